The van der Waals surface area contributed by atoms with E-state index in [4.69, 9.17) is 17.3 Å². The maximum atomic E-state index is 11.8. The Morgan fingerprint density at radius 1 is 1.14 bits per heavy atom. The first-order valence-electron chi connectivity index (χ1n) is 6.20. The van der Waals surface area contributed by atoms with Crippen molar-refractivity contribution in [1.29, 1.82) is 0 Å². The maximum Gasteiger partial charge on any atom is 0.242 e. The largest absolute Gasteiger partial charge is 0.398 e. The van der Waals surface area contributed by atoms with Crippen molar-refractivity contribution in [2.75, 3.05) is 18.1 Å². The number of hydrogen-bond acceptors (Lipinski definition) is 4. The molecule has 5 nitrogen and oxygen atoms in total. The molecule has 0 atom stereocenters. The quantitative estimate of drug-likeness (QED) is 0.755. The second-order valence-corrected chi connectivity index (χ2v) is 6.84. The van der Waals surface area contributed by atoms with E-state index in [1.807, 2.05) is 13.0 Å². The van der Waals surface area contributed by atoms with Crippen molar-refractivity contribution in [2.45, 2.75) is 11.8 Å². The SMILES string of the molecule is CNS(=O)(=O)c1ccc(Nc2cc(Cl)ccc2C)cc1N. The Hall–Kier alpha value is -1.76. The van der Waals surface area contributed by atoms with Gasteiger partial charge >= 0.3 is 0 Å². The Balaban J connectivity index is 2.35. The van der Waals surface area contributed by atoms with Gasteiger partial charge in [0, 0.05) is 16.4 Å². The van der Waals surface area contributed by atoms with Crippen LogP contribution in [0.5, 0.6) is 0 Å². The summed E-state index contributed by atoms with van der Waals surface area (Å²) in [5.41, 5.74) is 8.54. The van der Waals surface area contributed by atoms with E-state index < -0.39 is 10.0 Å². The van der Waals surface area contributed by atoms with Gasteiger partial charge in [0.25, 0.3) is 0 Å². The highest BCUT2D eigenvalue weighted by molar-refractivity contribution is 7.89. The third kappa shape index (κ3) is 3.47. The van der Waals surface area contributed by atoms with Crippen LogP contribution in [0.3, 0.4) is 0 Å². The van der Waals surface area contributed by atoms with Crippen LogP contribution in [0.15, 0.2) is 41.3 Å². The molecule has 0 radical (unpaired) electrons. The van der Waals surface area contributed by atoms with Gasteiger partial charge < -0.3 is 11.1 Å². The first-order valence-corrected chi connectivity index (χ1v) is 8.06. The van der Waals surface area contributed by atoms with E-state index in [1.54, 1.807) is 24.3 Å². The van der Waals surface area contributed by atoms with Gasteiger partial charge in [0.1, 0.15) is 4.90 Å². The highest BCUT2D eigenvalue weighted by Crippen LogP contribution is 2.27. The number of aryl methyl sites for hydroxylation is 1. The van der Waals surface area contributed by atoms with E-state index in [-0.39, 0.29) is 10.6 Å². The van der Waals surface area contributed by atoms with E-state index in [9.17, 15) is 8.42 Å². The topological polar surface area (TPSA) is 84.2 Å². The standard InChI is InChI=1S/C14H16ClN3O2S/c1-9-3-4-10(15)7-13(9)18-11-5-6-14(12(16)8-11)21(19,20)17-2/h3-8,17-18H,16H2,1-2H3. The van der Waals surface area contributed by atoms with E-state index in [1.165, 1.54) is 13.1 Å². The lowest BCUT2D eigenvalue weighted by Crippen LogP contribution is -2.19. The predicted octanol–water partition coefficient (Wildman–Crippen LogP) is 2.88. The molecule has 0 bridgehead atoms. The van der Waals surface area contributed by atoms with Gasteiger partial charge in [-0.15, -0.1) is 0 Å². The van der Waals surface area contributed by atoms with Gasteiger partial charge in [0.05, 0.1) is 5.69 Å². The molecule has 0 aliphatic carbocycles. The van der Waals surface area contributed by atoms with Crippen molar-refractivity contribution < 1.29 is 8.42 Å². The summed E-state index contributed by atoms with van der Waals surface area (Å²) in [6.45, 7) is 1.95. The molecule has 0 aliphatic heterocycles. The van der Waals surface area contributed by atoms with Gasteiger partial charge in [-0.1, -0.05) is 17.7 Å². The Morgan fingerprint density at radius 2 is 1.86 bits per heavy atom. The molecule has 0 saturated heterocycles. The highest BCUT2D eigenvalue weighted by Gasteiger charge is 2.15. The molecule has 0 aromatic heterocycles. The Bertz CT molecular complexity index is 776. The molecule has 0 spiro atoms. The Labute approximate surface area is 129 Å². The number of rotatable bonds is 4. The number of nitrogens with one attached hydrogen (secondary N) is 2. The first-order chi connectivity index (χ1) is 9.83. The van der Waals surface area contributed by atoms with Crippen LogP contribution in [0.25, 0.3) is 0 Å². The second-order valence-electron chi connectivity index (χ2n) is 4.54. The summed E-state index contributed by atoms with van der Waals surface area (Å²) in [6.07, 6.45) is 0. The zero-order valence-electron chi connectivity index (χ0n) is 11.6. The minimum Gasteiger partial charge on any atom is -0.398 e. The molecule has 2 rings (SSSR count). The number of halogens is 1. The fraction of sp³-hybridized carbons (Fsp3) is 0.143. The van der Waals surface area contributed by atoms with Gasteiger partial charge in [0.2, 0.25) is 10.0 Å². The Morgan fingerprint density at radius 3 is 2.48 bits per heavy atom. The zero-order chi connectivity index (χ0) is 15.6. The number of nitrogens with two attached hydrogens (primary N) is 1. The predicted molar refractivity (Wildman–Crippen MR) is 86.6 cm³/mol. The fourth-order valence-corrected chi connectivity index (χ4v) is 2.87. The Kier molecular flexibility index (Phi) is 4.41. The fourth-order valence-electron chi connectivity index (χ4n) is 1.87. The van der Waals surface area contributed by atoms with Gasteiger partial charge in [0.15, 0.2) is 0 Å². The molecule has 4 N–H and O–H groups in total. The molecule has 0 fully saturated rings. The van der Waals surface area contributed by atoms with Crippen LogP contribution in [0.2, 0.25) is 5.02 Å². The summed E-state index contributed by atoms with van der Waals surface area (Å²) in [6, 6.07) is 10.2. The van der Waals surface area contributed by atoms with E-state index >= 15 is 0 Å². The van der Waals surface area contributed by atoms with Crippen LogP contribution in [-0.4, -0.2) is 15.5 Å². The summed E-state index contributed by atoms with van der Waals surface area (Å²) in [4.78, 5) is 0.0540. The van der Waals surface area contributed by atoms with Crippen LogP contribution < -0.4 is 15.8 Å². The van der Waals surface area contributed by atoms with Crippen LogP contribution in [0.1, 0.15) is 5.56 Å². The number of benzene rings is 2. The monoisotopic (exact) mass is 325 g/mol. The summed E-state index contributed by atoms with van der Waals surface area (Å²) in [7, 11) is -2.21. The smallest absolute Gasteiger partial charge is 0.242 e. The molecule has 21 heavy (non-hydrogen) atoms. The zero-order valence-corrected chi connectivity index (χ0v) is 13.2. The van der Waals surface area contributed by atoms with E-state index in [2.05, 4.69) is 10.0 Å². The number of hydrogen-bond donors (Lipinski definition) is 3. The minimum absolute atomic E-state index is 0.0540. The summed E-state index contributed by atoms with van der Waals surface area (Å²) < 4.78 is 25.8. The van der Waals surface area contributed by atoms with Crippen molar-refractivity contribution in [3.05, 3.63) is 47.0 Å². The molecule has 0 aliphatic rings. The minimum atomic E-state index is -3.56. The molecule has 0 saturated carbocycles. The van der Waals surface area contributed by atoms with Crippen molar-refractivity contribution >= 4 is 38.7 Å². The van der Waals surface area contributed by atoms with E-state index in [0.717, 1.165) is 11.3 Å². The molecule has 2 aromatic rings. The maximum absolute atomic E-state index is 11.8. The normalized spacial score (nSPS) is 11.4. The number of sulfonamides is 1. The summed E-state index contributed by atoms with van der Waals surface area (Å²) in [5.74, 6) is 0. The molecule has 2 aromatic carbocycles. The van der Waals surface area contributed by atoms with E-state index in [0.29, 0.717) is 10.7 Å². The number of anilines is 3. The third-order valence-electron chi connectivity index (χ3n) is 3.05. The molecule has 0 heterocycles. The molecule has 112 valence electrons. The van der Waals surface area contributed by atoms with Gasteiger partial charge in [-0.05, 0) is 49.9 Å². The summed E-state index contributed by atoms with van der Waals surface area (Å²) in [5, 5.41) is 3.79. The second kappa shape index (κ2) is 5.93. The summed E-state index contributed by atoms with van der Waals surface area (Å²) >= 11 is 5.97. The highest BCUT2D eigenvalue weighted by atomic mass is 35.5. The van der Waals surface area contributed by atoms with Crippen LogP contribution in [0.4, 0.5) is 17.1 Å². The molecule has 7 heteroatoms. The van der Waals surface area contributed by atoms with Gasteiger partial charge in [-0.3, -0.25) is 0 Å². The number of nitrogen functional groups attached to an aromatic ring is 1. The molecule has 0 amide bonds. The van der Waals surface area contributed by atoms with Crippen molar-refractivity contribution in [2.24, 2.45) is 0 Å². The lowest BCUT2D eigenvalue weighted by Gasteiger charge is -2.12. The van der Waals surface area contributed by atoms with Crippen LogP contribution in [0, 0.1) is 6.92 Å². The average molecular weight is 326 g/mol. The lowest BCUT2D eigenvalue weighted by molar-refractivity contribution is 0.588. The molecule has 0 unspecified atom stereocenters. The van der Waals surface area contributed by atoms with Gasteiger partial charge in [-0.25, -0.2) is 13.1 Å². The van der Waals surface area contributed by atoms with Crippen molar-refractivity contribution in [3.8, 4) is 0 Å². The van der Waals surface area contributed by atoms with Crippen molar-refractivity contribution in [3.63, 3.8) is 0 Å². The molecular formula is C14H16ClN3O2S. The molecular weight excluding hydrogens is 310 g/mol. The lowest BCUT2D eigenvalue weighted by atomic mass is 10.2. The van der Waals surface area contributed by atoms with Crippen LogP contribution in [-0.2, 0) is 10.0 Å². The first kappa shape index (κ1) is 15.6. The third-order valence-corrected chi connectivity index (χ3v) is 4.77. The van der Waals surface area contributed by atoms with Crippen LogP contribution >= 0.6 is 11.6 Å². The van der Waals surface area contributed by atoms with Crippen molar-refractivity contribution in [1.82, 2.24) is 4.72 Å². The average Bonchev–Trinajstić information content (AvgIpc) is 2.43. The van der Waals surface area contributed by atoms with Gasteiger partial charge in [-0.2, -0.15) is 0 Å².